The van der Waals surface area contributed by atoms with Gasteiger partial charge in [0.2, 0.25) is 0 Å². The van der Waals surface area contributed by atoms with Gasteiger partial charge in [0.05, 0.1) is 6.54 Å². The summed E-state index contributed by atoms with van der Waals surface area (Å²) >= 11 is 0. The van der Waals surface area contributed by atoms with Gasteiger partial charge < -0.3 is 0 Å². The molecule has 2 heteroatoms. The van der Waals surface area contributed by atoms with Gasteiger partial charge in [0.25, 0.3) is 0 Å². The Morgan fingerprint density at radius 2 is 1.88 bits per heavy atom. The summed E-state index contributed by atoms with van der Waals surface area (Å²) in [7, 11) is 2.01. The second kappa shape index (κ2) is 7.18. The first-order valence-corrected chi connectivity index (χ1v) is 6.01. The molecule has 1 aromatic carbocycles. The van der Waals surface area contributed by atoms with Gasteiger partial charge in [0.15, 0.2) is 5.78 Å². The third kappa shape index (κ3) is 4.58. The van der Waals surface area contributed by atoms with Crippen LogP contribution in [0.5, 0.6) is 0 Å². The van der Waals surface area contributed by atoms with Crippen LogP contribution in [0.4, 0.5) is 0 Å². The Bertz CT molecular complexity index is 308. The second-order valence-corrected chi connectivity index (χ2v) is 4.23. The summed E-state index contributed by atoms with van der Waals surface area (Å²) in [5, 5.41) is 0. The van der Waals surface area contributed by atoms with E-state index in [1.807, 2.05) is 37.4 Å². The van der Waals surface area contributed by atoms with E-state index in [0.29, 0.717) is 6.54 Å². The minimum Gasteiger partial charge on any atom is -0.299 e. The quantitative estimate of drug-likeness (QED) is 0.519. The first-order valence-electron chi connectivity index (χ1n) is 6.01. The smallest absolute Gasteiger partial charge is 0.176 e. The maximum Gasteiger partial charge on any atom is 0.176 e. The van der Waals surface area contributed by atoms with Crippen molar-refractivity contribution in [3.8, 4) is 0 Å². The van der Waals surface area contributed by atoms with Crippen molar-refractivity contribution in [2.45, 2.75) is 26.2 Å². The molecule has 0 spiro atoms. The van der Waals surface area contributed by atoms with Gasteiger partial charge in [-0.1, -0.05) is 50.1 Å². The molecule has 0 saturated carbocycles. The number of unbranched alkanes of at least 4 members (excludes halogenated alkanes) is 2. The average Bonchev–Trinajstić information content (AvgIpc) is 2.30. The van der Waals surface area contributed by atoms with E-state index in [0.717, 1.165) is 12.1 Å². The predicted octanol–water partition coefficient (Wildman–Crippen LogP) is 2.99. The molecule has 0 heterocycles. The zero-order valence-electron chi connectivity index (χ0n) is 10.3. The fraction of sp³-hybridized carbons (Fsp3) is 0.500. The molecule has 0 saturated heterocycles. The van der Waals surface area contributed by atoms with Crippen molar-refractivity contribution in [2.24, 2.45) is 0 Å². The molecule has 1 aromatic rings. The third-order valence-corrected chi connectivity index (χ3v) is 2.65. The molecule has 0 aliphatic heterocycles. The maximum absolute atomic E-state index is 11.8. The second-order valence-electron chi connectivity index (χ2n) is 4.23. The summed E-state index contributed by atoms with van der Waals surface area (Å²) in [6.45, 7) is 3.72. The Labute approximate surface area is 98.3 Å². The van der Waals surface area contributed by atoms with Crippen LogP contribution in [0.2, 0.25) is 0 Å². The number of carbonyl (C=O) groups excluding carboxylic acids is 1. The summed E-state index contributed by atoms with van der Waals surface area (Å²) in [5.41, 5.74) is 0.810. The number of hydrogen-bond acceptors (Lipinski definition) is 2. The van der Waals surface area contributed by atoms with E-state index in [1.54, 1.807) is 0 Å². The van der Waals surface area contributed by atoms with Crippen LogP contribution >= 0.6 is 0 Å². The fourth-order valence-electron chi connectivity index (χ4n) is 1.67. The largest absolute Gasteiger partial charge is 0.299 e. The molecule has 0 N–H and O–H groups in total. The van der Waals surface area contributed by atoms with Crippen LogP contribution in [-0.2, 0) is 0 Å². The van der Waals surface area contributed by atoms with Crippen molar-refractivity contribution < 1.29 is 4.79 Å². The molecule has 0 fully saturated rings. The highest BCUT2D eigenvalue weighted by molar-refractivity contribution is 5.97. The number of likely N-dealkylation sites (N-methyl/N-ethyl adjacent to an activating group) is 1. The van der Waals surface area contributed by atoms with E-state index >= 15 is 0 Å². The Kier molecular flexibility index (Phi) is 5.79. The van der Waals surface area contributed by atoms with E-state index in [9.17, 15) is 4.79 Å². The minimum absolute atomic E-state index is 0.208. The molecule has 1 rings (SSSR count). The number of nitrogens with zero attached hydrogens (tertiary/aromatic N) is 1. The number of hydrogen-bond donors (Lipinski definition) is 0. The van der Waals surface area contributed by atoms with Crippen molar-refractivity contribution in [3.05, 3.63) is 35.9 Å². The summed E-state index contributed by atoms with van der Waals surface area (Å²) < 4.78 is 0. The fourth-order valence-corrected chi connectivity index (χ4v) is 1.67. The Hall–Kier alpha value is -1.15. The molecule has 0 aliphatic rings. The summed E-state index contributed by atoms with van der Waals surface area (Å²) in [5.74, 6) is 0.208. The number of ketones is 1. The van der Waals surface area contributed by atoms with Crippen molar-refractivity contribution in [3.63, 3.8) is 0 Å². The van der Waals surface area contributed by atoms with E-state index in [4.69, 9.17) is 0 Å². The molecule has 0 aromatic heterocycles. The molecular formula is C14H21NO. The molecule has 16 heavy (non-hydrogen) atoms. The lowest BCUT2D eigenvalue weighted by Crippen LogP contribution is -2.26. The highest BCUT2D eigenvalue weighted by Gasteiger charge is 2.07. The summed E-state index contributed by atoms with van der Waals surface area (Å²) in [6, 6.07) is 9.50. The van der Waals surface area contributed by atoms with E-state index in [2.05, 4.69) is 11.8 Å². The van der Waals surface area contributed by atoms with Crippen LogP contribution in [0.25, 0.3) is 0 Å². The van der Waals surface area contributed by atoms with Crippen LogP contribution in [-0.4, -0.2) is 30.8 Å². The maximum atomic E-state index is 11.8. The zero-order valence-corrected chi connectivity index (χ0v) is 10.3. The van der Waals surface area contributed by atoms with Crippen LogP contribution in [0.3, 0.4) is 0 Å². The summed E-state index contributed by atoms with van der Waals surface area (Å²) in [6.07, 6.45) is 3.64. The van der Waals surface area contributed by atoms with Gasteiger partial charge in [-0.3, -0.25) is 9.69 Å². The highest BCUT2D eigenvalue weighted by Crippen LogP contribution is 2.02. The molecule has 0 atom stereocenters. The molecular weight excluding hydrogens is 198 g/mol. The van der Waals surface area contributed by atoms with Gasteiger partial charge in [-0.15, -0.1) is 0 Å². The van der Waals surface area contributed by atoms with Crippen LogP contribution in [0, 0.1) is 0 Å². The normalized spacial score (nSPS) is 10.7. The lowest BCUT2D eigenvalue weighted by atomic mass is 10.1. The molecule has 0 amide bonds. The first-order chi connectivity index (χ1) is 7.74. The zero-order chi connectivity index (χ0) is 11.8. The van der Waals surface area contributed by atoms with Crippen LogP contribution in [0.15, 0.2) is 30.3 Å². The van der Waals surface area contributed by atoms with Crippen molar-refractivity contribution in [1.82, 2.24) is 4.90 Å². The topological polar surface area (TPSA) is 20.3 Å². The van der Waals surface area contributed by atoms with Gasteiger partial charge >= 0.3 is 0 Å². The average molecular weight is 219 g/mol. The number of rotatable bonds is 7. The molecule has 0 radical (unpaired) electrons. The number of carbonyl (C=O) groups is 1. The standard InChI is InChI=1S/C14H21NO/c1-3-4-8-11-15(2)12-14(16)13-9-6-5-7-10-13/h5-7,9-10H,3-4,8,11-12H2,1-2H3. The Morgan fingerprint density at radius 1 is 1.19 bits per heavy atom. The number of benzene rings is 1. The van der Waals surface area contributed by atoms with Gasteiger partial charge in [0, 0.05) is 5.56 Å². The molecule has 0 aliphatic carbocycles. The van der Waals surface area contributed by atoms with Crippen molar-refractivity contribution >= 4 is 5.78 Å². The monoisotopic (exact) mass is 219 g/mol. The van der Waals surface area contributed by atoms with Gasteiger partial charge in [-0.2, -0.15) is 0 Å². The summed E-state index contributed by atoms with van der Waals surface area (Å²) in [4.78, 5) is 13.9. The molecule has 2 nitrogen and oxygen atoms in total. The lowest BCUT2D eigenvalue weighted by molar-refractivity contribution is 0.0945. The Morgan fingerprint density at radius 3 is 2.50 bits per heavy atom. The van der Waals surface area contributed by atoms with E-state index in [-0.39, 0.29) is 5.78 Å². The SMILES string of the molecule is CCCCCN(C)CC(=O)c1ccccc1. The van der Waals surface area contributed by atoms with Crippen molar-refractivity contribution in [1.29, 1.82) is 0 Å². The highest BCUT2D eigenvalue weighted by atomic mass is 16.1. The molecule has 0 unspecified atom stereocenters. The minimum atomic E-state index is 0.208. The third-order valence-electron chi connectivity index (χ3n) is 2.65. The van der Waals surface area contributed by atoms with E-state index in [1.165, 1.54) is 19.3 Å². The van der Waals surface area contributed by atoms with Gasteiger partial charge in [-0.05, 0) is 20.0 Å². The van der Waals surface area contributed by atoms with Crippen LogP contribution < -0.4 is 0 Å². The molecule has 88 valence electrons. The van der Waals surface area contributed by atoms with Crippen LogP contribution in [0.1, 0.15) is 36.5 Å². The van der Waals surface area contributed by atoms with Gasteiger partial charge in [-0.25, -0.2) is 0 Å². The molecule has 0 bridgehead atoms. The van der Waals surface area contributed by atoms with Crippen molar-refractivity contribution in [2.75, 3.05) is 20.1 Å². The predicted molar refractivity (Wildman–Crippen MR) is 67.8 cm³/mol. The first kappa shape index (κ1) is 12.9. The Balaban J connectivity index is 2.34. The lowest BCUT2D eigenvalue weighted by Gasteiger charge is -2.15. The number of Topliss-reactive ketones (excluding diaryl/α,β-unsaturated/α-hetero) is 1. The van der Waals surface area contributed by atoms with Gasteiger partial charge in [0.1, 0.15) is 0 Å². The van der Waals surface area contributed by atoms with E-state index < -0.39 is 0 Å².